The van der Waals surface area contributed by atoms with Crippen LogP contribution in [0.5, 0.6) is 0 Å². The van der Waals surface area contributed by atoms with E-state index in [-0.39, 0.29) is 24.5 Å². The predicted molar refractivity (Wildman–Crippen MR) is 102 cm³/mol. The van der Waals surface area contributed by atoms with Crippen LogP contribution in [0.15, 0.2) is 48.8 Å². The smallest absolute Gasteiger partial charge is 0.410 e. The molecule has 1 atom stereocenters. The zero-order chi connectivity index (χ0) is 19.1. The summed E-state index contributed by atoms with van der Waals surface area (Å²) in [6.45, 7) is 4.14. The van der Waals surface area contributed by atoms with E-state index < -0.39 is 0 Å². The summed E-state index contributed by atoms with van der Waals surface area (Å²) in [5, 5.41) is 2.95. The number of likely N-dealkylation sites (tertiary alicyclic amines) is 1. The third-order valence-electron chi connectivity index (χ3n) is 4.75. The van der Waals surface area contributed by atoms with Gasteiger partial charge in [-0.05, 0) is 43.4 Å². The number of carbonyl (C=O) groups is 2. The molecule has 0 saturated carbocycles. The summed E-state index contributed by atoms with van der Waals surface area (Å²) in [7, 11) is 0. The summed E-state index contributed by atoms with van der Waals surface area (Å²) in [6.07, 6.45) is 4.80. The van der Waals surface area contributed by atoms with E-state index >= 15 is 0 Å². The van der Waals surface area contributed by atoms with Gasteiger partial charge in [-0.2, -0.15) is 0 Å². The van der Waals surface area contributed by atoms with Crippen LogP contribution in [-0.2, 0) is 11.3 Å². The van der Waals surface area contributed by atoms with Crippen LogP contribution in [0.25, 0.3) is 0 Å². The highest BCUT2D eigenvalue weighted by atomic mass is 16.6. The molecular weight excluding hydrogens is 342 g/mol. The van der Waals surface area contributed by atoms with Crippen LogP contribution >= 0.6 is 0 Å². The summed E-state index contributed by atoms with van der Waals surface area (Å²) >= 11 is 0. The number of benzene rings is 1. The molecule has 27 heavy (non-hydrogen) atoms. The van der Waals surface area contributed by atoms with Crippen molar-refractivity contribution in [1.82, 2.24) is 15.2 Å². The number of rotatable bonds is 5. The zero-order valence-corrected chi connectivity index (χ0v) is 15.6. The Morgan fingerprint density at radius 1 is 1.19 bits per heavy atom. The minimum atomic E-state index is -0.291. The largest absolute Gasteiger partial charge is 0.445 e. The van der Waals surface area contributed by atoms with Gasteiger partial charge in [-0.25, -0.2) is 4.79 Å². The monoisotopic (exact) mass is 367 g/mol. The van der Waals surface area contributed by atoms with Gasteiger partial charge >= 0.3 is 6.09 Å². The number of nitrogens with one attached hydrogen (secondary N) is 1. The second-order valence-corrected chi connectivity index (χ2v) is 6.94. The van der Waals surface area contributed by atoms with Gasteiger partial charge in [0.25, 0.3) is 5.91 Å². The maximum Gasteiger partial charge on any atom is 0.410 e. The van der Waals surface area contributed by atoms with Crippen molar-refractivity contribution in [2.75, 3.05) is 19.6 Å². The first-order valence-corrected chi connectivity index (χ1v) is 9.27. The third-order valence-corrected chi connectivity index (χ3v) is 4.75. The molecule has 1 aliphatic heterocycles. The van der Waals surface area contributed by atoms with Crippen molar-refractivity contribution in [3.8, 4) is 0 Å². The number of amides is 2. The van der Waals surface area contributed by atoms with Crippen molar-refractivity contribution < 1.29 is 14.3 Å². The molecule has 6 nitrogen and oxygen atoms in total. The van der Waals surface area contributed by atoms with Crippen LogP contribution in [0.1, 0.15) is 34.3 Å². The number of pyridine rings is 1. The molecule has 1 N–H and O–H groups in total. The summed E-state index contributed by atoms with van der Waals surface area (Å²) in [5.74, 6) is 0.118. The van der Waals surface area contributed by atoms with Crippen LogP contribution in [0.4, 0.5) is 4.79 Å². The van der Waals surface area contributed by atoms with Crippen molar-refractivity contribution in [2.24, 2.45) is 5.92 Å². The van der Waals surface area contributed by atoms with Gasteiger partial charge in [-0.3, -0.25) is 9.78 Å². The van der Waals surface area contributed by atoms with Gasteiger partial charge in [0.15, 0.2) is 0 Å². The summed E-state index contributed by atoms with van der Waals surface area (Å²) in [6, 6.07) is 11.3. The van der Waals surface area contributed by atoms with E-state index in [9.17, 15) is 9.59 Å². The molecular formula is C21H25N3O3. The Balaban J connectivity index is 1.44. The molecule has 0 bridgehead atoms. The molecule has 1 unspecified atom stereocenters. The van der Waals surface area contributed by atoms with Crippen LogP contribution < -0.4 is 5.32 Å². The van der Waals surface area contributed by atoms with E-state index in [2.05, 4.69) is 10.3 Å². The highest BCUT2D eigenvalue weighted by Crippen LogP contribution is 2.17. The van der Waals surface area contributed by atoms with Crippen molar-refractivity contribution in [3.05, 3.63) is 65.5 Å². The SMILES string of the molecule is Cc1ccc(COC(=O)N2CCCC(CNC(=O)c3ccncc3)C2)cc1. The molecule has 1 aromatic carbocycles. The first-order chi connectivity index (χ1) is 13.1. The molecule has 2 amide bonds. The lowest BCUT2D eigenvalue weighted by molar-refractivity contribution is 0.0776. The fraction of sp³-hybridized carbons (Fsp3) is 0.381. The Labute approximate surface area is 159 Å². The maximum atomic E-state index is 12.4. The Bertz CT molecular complexity index is 762. The lowest BCUT2D eigenvalue weighted by Gasteiger charge is -2.32. The molecule has 3 rings (SSSR count). The van der Waals surface area contributed by atoms with Gasteiger partial charge in [0.2, 0.25) is 0 Å². The van der Waals surface area contributed by atoms with E-state index in [1.807, 2.05) is 31.2 Å². The van der Waals surface area contributed by atoms with Crippen molar-refractivity contribution in [2.45, 2.75) is 26.4 Å². The van der Waals surface area contributed by atoms with Gasteiger partial charge in [-0.15, -0.1) is 0 Å². The number of hydrogen-bond donors (Lipinski definition) is 1. The predicted octanol–water partition coefficient (Wildman–Crippen LogP) is 3.17. The Hall–Kier alpha value is -2.89. The maximum absolute atomic E-state index is 12.4. The van der Waals surface area contributed by atoms with E-state index in [1.165, 1.54) is 5.56 Å². The van der Waals surface area contributed by atoms with Gasteiger partial charge < -0.3 is 15.0 Å². The Morgan fingerprint density at radius 2 is 1.93 bits per heavy atom. The van der Waals surface area contributed by atoms with E-state index in [4.69, 9.17) is 4.74 Å². The molecule has 2 aromatic rings. The number of piperidine rings is 1. The minimum Gasteiger partial charge on any atom is -0.445 e. The summed E-state index contributed by atoms with van der Waals surface area (Å²) in [4.78, 5) is 30.1. The molecule has 0 spiro atoms. The highest BCUT2D eigenvalue weighted by molar-refractivity contribution is 5.93. The number of carbonyl (C=O) groups excluding carboxylic acids is 2. The molecule has 142 valence electrons. The van der Waals surface area contributed by atoms with Gasteiger partial charge in [-0.1, -0.05) is 29.8 Å². The Morgan fingerprint density at radius 3 is 2.67 bits per heavy atom. The third kappa shape index (κ3) is 5.54. The van der Waals surface area contributed by atoms with E-state index in [0.717, 1.165) is 18.4 Å². The van der Waals surface area contributed by atoms with Crippen LogP contribution in [-0.4, -0.2) is 41.5 Å². The normalized spacial score (nSPS) is 16.6. The van der Waals surface area contributed by atoms with Crippen LogP contribution in [0, 0.1) is 12.8 Å². The number of aromatic nitrogens is 1. The zero-order valence-electron chi connectivity index (χ0n) is 15.6. The van der Waals surface area contributed by atoms with Crippen molar-refractivity contribution in [1.29, 1.82) is 0 Å². The highest BCUT2D eigenvalue weighted by Gasteiger charge is 2.25. The van der Waals surface area contributed by atoms with E-state index in [1.54, 1.807) is 29.4 Å². The molecule has 0 aliphatic carbocycles. The standard InChI is InChI=1S/C21H25N3O3/c1-16-4-6-17(7-5-16)15-27-21(26)24-12-2-3-18(14-24)13-23-20(25)19-8-10-22-11-9-19/h4-11,18H,2-3,12-15H2,1H3,(H,23,25). The number of hydrogen-bond acceptors (Lipinski definition) is 4. The Kier molecular flexibility index (Phi) is 6.41. The second kappa shape index (κ2) is 9.16. The molecule has 1 aliphatic rings. The molecule has 1 saturated heterocycles. The molecule has 1 aromatic heterocycles. The molecule has 1 fully saturated rings. The van der Waals surface area contributed by atoms with Crippen molar-refractivity contribution >= 4 is 12.0 Å². The second-order valence-electron chi connectivity index (χ2n) is 6.94. The topological polar surface area (TPSA) is 71.5 Å². The molecule has 2 heterocycles. The summed E-state index contributed by atoms with van der Waals surface area (Å²) in [5.41, 5.74) is 2.75. The van der Waals surface area contributed by atoms with E-state index in [0.29, 0.717) is 25.2 Å². The quantitative estimate of drug-likeness (QED) is 0.881. The summed E-state index contributed by atoms with van der Waals surface area (Å²) < 4.78 is 5.44. The lowest BCUT2D eigenvalue weighted by atomic mass is 9.98. The van der Waals surface area contributed by atoms with Gasteiger partial charge in [0.05, 0.1) is 0 Å². The van der Waals surface area contributed by atoms with Crippen LogP contribution in [0.2, 0.25) is 0 Å². The number of aryl methyl sites for hydroxylation is 1. The molecule has 0 radical (unpaired) electrons. The minimum absolute atomic E-state index is 0.114. The first-order valence-electron chi connectivity index (χ1n) is 9.27. The van der Waals surface area contributed by atoms with Gasteiger partial charge in [0.1, 0.15) is 6.61 Å². The van der Waals surface area contributed by atoms with Crippen LogP contribution in [0.3, 0.4) is 0 Å². The van der Waals surface area contributed by atoms with Crippen molar-refractivity contribution in [3.63, 3.8) is 0 Å². The average molecular weight is 367 g/mol. The number of nitrogens with zero attached hydrogens (tertiary/aromatic N) is 2. The first kappa shape index (κ1) is 18.9. The van der Waals surface area contributed by atoms with Gasteiger partial charge in [0, 0.05) is 37.6 Å². The lowest BCUT2D eigenvalue weighted by Crippen LogP contribution is -2.43. The number of ether oxygens (including phenoxy) is 1. The fourth-order valence-electron chi connectivity index (χ4n) is 3.16. The molecule has 6 heteroatoms. The average Bonchev–Trinajstić information content (AvgIpc) is 2.72. The fourth-order valence-corrected chi connectivity index (χ4v) is 3.16.